The van der Waals surface area contributed by atoms with Gasteiger partial charge in [-0.25, -0.2) is 9.78 Å². The summed E-state index contributed by atoms with van der Waals surface area (Å²) < 4.78 is 5.54. The molecule has 0 atom stereocenters. The van der Waals surface area contributed by atoms with Crippen LogP contribution in [0.15, 0.2) is 63.0 Å². The van der Waals surface area contributed by atoms with Gasteiger partial charge in [0.25, 0.3) is 0 Å². The molecule has 134 valence electrons. The van der Waals surface area contributed by atoms with Crippen molar-refractivity contribution in [2.45, 2.75) is 20.8 Å². The van der Waals surface area contributed by atoms with Crippen molar-refractivity contribution < 1.29 is 4.42 Å². The van der Waals surface area contributed by atoms with Gasteiger partial charge in [-0.1, -0.05) is 6.07 Å². The van der Waals surface area contributed by atoms with Crippen LogP contribution in [0, 0.1) is 0 Å². The molecule has 2 aromatic heterocycles. The molecular formula is C20H22N4O2. The van der Waals surface area contributed by atoms with Gasteiger partial charge in [-0.2, -0.15) is 5.10 Å². The zero-order valence-corrected chi connectivity index (χ0v) is 15.2. The molecular weight excluding hydrogens is 328 g/mol. The summed E-state index contributed by atoms with van der Waals surface area (Å²) in [4.78, 5) is 18.7. The summed E-state index contributed by atoms with van der Waals surface area (Å²) in [5.74, 6) is 0.612. The minimum absolute atomic E-state index is 0.404. The molecule has 0 aliphatic heterocycles. The van der Waals surface area contributed by atoms with Crippen LogP contribution in [-0.2, 0) is 0 Å². The minimum atomic E-state index is -0.404. The lowest BCUT2D eigenvalue weighted by Gasteiger charge is -2.21. The first-order valence-electron chi connectivity index (χ1n) is 8.67. The Morgan fingerprint density at radius 2 is 2.00 bits per heavy atom. The molecule has 0 bridgehead atoms. The first kappa shape index (κ1) is 17.7. The fraction of sp³-hybridized carbons (Fsp3) is 0.250. The standard InChI is InChI=1S/C20H22N4O2/c1-4-24(5-2)16-10-9-15-12-17(20(25)26-18(15)13-16)14(3)22-23-19-8-6-7-11-21-19/h6-13H,4-5H2,1-3H3,(H,21,23)/b22-14+. The van der Waals surface area contributed by atoms with E-state index in [2.05, 4.69) is 34.3 Å². The van der Waals surface area contributed by atoms with Crippen LogP contribution in [0.25, 0.3) is 11.0 Å². The predicted molar refractivity (Wildman–Crippen MR) is 106 cm³/mol. The molecule has 2 heterocycles. The minimum Gasteiger partial charge on any atom is -0.422 e. The molecule has 0 saturated heterocycles. The molecule has 0 aliphatic rings. The van der Waals surface area contributed by atoms with E-state index in [4.69, 9.17) is 4.42 Å². The van der Waals surface area contributed by atoms with Gasteiger partial charge in [0.05, 0.1) is 11.3 Å². The predicted octanol–water partition coefficient (Wildman–Crippen LogP) is 3.87. The average Bonchev–Trinajstić information content (AvgIpc) is 2.67. The maximum atomic E-state index is 12.4. The van der Waals surface area contributed by atoms with Crippen LogP contribution in [-0.4, -0.2) is 23.8 Å². The van der Waals surface area contributed by atoms with E-state index in [1.54, 1.807) is 19.2 Å². The summed E-state index contributed by atoms with van der Waals surface area (Å²) in [6, 6.07) is 13.2. The quantitative estimate of drug-likeness (QED) is 0.415. The highest BCUT2D eigenvalue weighted by Crippen LogP contribution is 2.22. The maximum absolute atomic E-state index is 12.4. The smallest absolute Gasteiger partial charge is 0.345 e. The molecule has 6 nitrogen and oxygen atoms in total. The summed E-state index contributed by atoms with van der Waals surface area (Å²) in [6.45, 7) is 7.76. The first-order chi connectivity index (χ1) is 12.6. The number of benzene rings is 1. The fourth-order valence-electron chi connectivity index (χ4n) is 2.77. The van der Waals surface area contributed by atoms with E-state index in [0.29, 0.717) is 22.7 Å². The zero-order chi connectivity index (χ0) is 18.5. The summed E-state index contributed by atoms with van der Waals surface area (Å²) in [5.41, 5.74) is 5.03. The van der Waals surface area contributed by atoms with Crippen LogP contribution in [0.2, 0.25) is 0 Å². The second-order valence-electron chi connectivity index (χ2n) is 5.87. The van der Waals surface area contributed by atoms with E-state index in [1.807, 2.05) is 36.4 Å². The Hall–Kier alpha value is -3.15. The molecule has 6 heteroatoms. The first-order valence-corrected chi connectivity index (χ1v) is 8.67. The van der Waals surface area contributed by atoms with Gasteiger partial charge in [0, 0.05) is 36.4 Å². The molecule has 0 unspecified atom stereocenters. The van der Waals surface area contributed by atoms with Crippen LogP contribution < -0.4 is 16.0 Å². The summed E-state index contributed by atoms with van der Waals surface area (Å²) in [5, 5.41) is 5.10. The topological polar surface area (TPSA) is 70.7 Å². The van der Waals surface area contributed by atoms with Crippen LogP contribution in [0.4, 0.5) is 11.5 Å². The number of pyridine rings is 1. The van der Waals surface area contributed by atoms with Gasteiger partial charge in [0.1, 0.15) is 11.4 Å². The molecule has 0 spiro atoms. The average molecular weight is 350 g/mol. The summed E-state index contributed by atoms with van der Waals surface area (Å²) in [7, 11) is 0. The van der Waals surface area contributed by atoms with Crippen molar-refractivity contribution >= 4 is 28.2 Å². The van der Waals surface area contributed by atoms with E-state index >= 15 is 0 Å². The highest BCUT2D eigenvalue weighted by Gasteiger charge is 2.10. The van der Waals surface area contributed by atoms with Crippen LogP contribution in [0.5, 0.6) is 0 Å². The van der Waals surface area contributed by atoms with Gasteiger partial charge >= 0.3 is 5.63 Å². The second-order valence-corrected chi connectivity index (χ2v) is 5.87. The largest absolute Gasteiger partial charge is 0.422 e. The van der Waals surface area contributed by atoms with Gasteiger partial charge in [-0.05, 0) is 51.1 Å². The summed E-state index contributed by atoms with van der Waals surface area (Å²) in [6.07, 6.45) is 1.67. The van der Waals surface area contributed by atoms with E-state index < -0.39 is 5.63 Å². The Kier molecular flexibility index (Phi) is 5.31. The number of rotatable bonds is 6. The number of hydrogen-bond acceptors (Lipinski definition) is 6. The second kappa shape index (κ2) is 7.82. The normalized spacial score (nSPS) is 11.6. The molecule has 0 aliphatic carbocycles. The lowest BCUT2D eigenvalue weighted by Crippen LogP contribution is -2.21. The van der Waals surface area contributed by atoms with E-state index in [9.17, 15) is 4.79 Å². The third-order valence-corrected chi connectivity index (χ3v) is 4.24. The van der Waals surface area contributed by atoms with Crippen molar-refractivity contribution in [1.29, 1.82) is 0 Å². The Morgan fingerprint density at radius 1 is 1.19 bits per heavy atom. The molecule has 0 fully saturated rings. The molecule has 1 aromatic carbocycles. The monoisotopic (exact) mass is 350 g/mol. The number of fused-ring (bicyclic) bond motifs is 1. The van der Waals surface area contributed by atoms with Crippen LogP contribution >= 0.6 is 0 Å². The number of hydrazone groups is 1. The number of nitrogens with one attached hydrogen (secondary N) is 1. The van der Waals surface area contributed by atoms with Crippen LogP contribution in [0.1, 0.15) is 26.3 Å². The van der Waals surface area contributed by atoms with Gasteiger partial charge < -0.3 is 9.32 Å². The Bertz CT molecular complexity index is 976. The molecule has 0 radical (unpaired) electrons. The van der Waals surface area contributed by atoms with E-state index in [0.717, 1.165) is 24.2 Å². The SMILES string of the molecule is CCN(CC)c1ccc2cc(/C(C)=N/Nc3ccccn3)c(=O)oc2c1. The third kappa shape index (κ3) is 3.74. The molecule has 0 amide bonds. The maximum Gasteiger partial charge on any atom is 0.345 e. The van der Waals surface area contributed by atoms with Gasteiger partial charge in [-0.15, -0.1) is 0 Å². The van der Waals surface area contributed by atoms with Gasteiger partial charge in [0.15, 0.2) is 0 Å². The number of anilines is 2. The van der Waals surface area contributed by atoms with E-state index in [1.165, 1.54) is 0 Å². The Morgan fingerprint density at radius 3 is 2.69 bits per heavy atom. The van der Waals surface area contributed by atoms with Crippen molar-refractivity contribution in [3.8, 4) is 0 Å². The lowest BCUT2D eigenvalue weighted by atomic mass is 10.1. The highest BCUT2D eigenvalue weighted by atomic mass is 16.4. The lowest BCUT2D eigenvalue weighted by molar-refractivity contribution is 0.559. The molecule has 26 heavy (non-hydrogen) atoms. The number of hydrogen-bond donors (Lipinski definition) is 1. The van der Waals surface area contributed by atoms with Crippen molar-refractivity contribution in [3.63, 3.8) is 0 Å². The molecule has 3 rings (SSSR count). The molecule has 0 saturated carbocycles. The van der Waals surface area contributed by atoms with E-state index in [-0.39, 0.29) is 0 Å². The number of nitrogens with zero attached hydrogens (tertiary/aromatic N) is 3. The molecule has 1 N–H and O–H groups in total. The molecule has 3 aromatic rings. The fourth-order valence-corrected chi connectivity index (χ4v) is 2.77. The van der Waals surface area contributed by atoms with Crippen molar-refractivity contribution in [2.75, 3.05) is 23.4 Å². The third-order valence-electron chi connectivity index (χ3n) is 4.24. The van der Waals surface area contributed by atoms with Crippen molar-refractivity contribution in [1.82, 2.24) is 4.98 Å². The van der Waals surface area contributed by atoms with Crippen molar-refractivity contribution in [3.05, 3.63) is 64.6 Å². The Balaban J connectivity index is 1.93. The highest BCUT2D eigenvalue weighted by molar-refractivity contribution is 6.01. The zero-order valence-electron chi connectivity index (χ0n) is 15.2. The van der Waals surface area contributed by atoms with Gasteiger partial charge in [-0.3, -0.25) is 5.43 Å². The van der Waals surface area contributed by atoms with Crippen LogP contribution in [0.3, 0.4) is 0 Å². The Labute approximate surface area is 152 Å². The number of aromatic nitrogens is 1. The van der Waals surface area contributed by atoms with Gasteiger partial charge in [0.2, 0.25) is 0 Å². The summed E-state index contributed by atoms with van der Waals surface area (Å²) >= 11 is 0. The van der Waals surface area contributed by atoms with Crippen molar-refractivity contribution in [2.24, 2.45) is 5.10 Å².